The van der Waals surface area contributed by atoms with E-state index in [0.717, 1.165) is 33.4 Å². The average molecular weight is 1400 g/mol. The van der Waals surface area contributed by atoms with Gasteiger partial charge in [-0.2, -0.15) is 0 Å². The van der Waals surface area contributed by atoms with Crippen LogP contribution in [0.15, 0.2) is 109 Å². The zero-order valence-electron chi connectivity index (χ0n) is 62.2. The molecule has 20 heteroatoms. The van der Waals surface area contributed by atoms with E-state index >= 15 is 9.59 Å². The highest BCUT2D eigenvalue weighted by Gasteiger charge is 2.47. The zero-order chi connectivity index (χ0) is 73.6. The van der Waals surface area contributed by atoms with Crippen LogP contribution in [0.5, 0.6) is 23.3 Å². The van der Waals surface area contributed by atoms with Crippen LogP contribution in [0.1, 0.15) is 168 Å². The largest absolute Gasteiger partial charge is 0.530 e. The monoisotopic (exact) mass is 1400 g/mol. The summed E-state index contributed by atoms with van der Waals surface area (Å²) in [6.45, 7) is 41.7. The van der Waals surface area contributed by atoms with Gasteiger partial charge in [0.05, 0.1) is 36.0 Å². The molecular weight excluding hydrogens is 1300 g/mol. The highest BCUT2D eigenvalue weighted by Crippen LogP contribution is 2.47. The molecule has 0 spiro atoms. The number of aromatic nitrogens is 2. The molecule has 4 heterocycles. The number of benzene rings is 4. The smallest absolute Gasteiger partial charge is 0.408 e. The van der Waals surface area contributed by atoms with Gasteiger partial charge in [-0.3, -0.25) is 9.59 Å². The number of carbonyl (C=O) groups is 4. The number of ether oxygens (including phenoxy) is 4. The van der Waals surface area contributed by atoms with Crippen molar-refractivity contribution in [3.63, 3.8) is 0 Å². The lowest BCUT2D eigenvalue weighted by molar-refractivity contribution is -0.121. The van der Waals surface area contributed by atoms with Crippen molar-refractivity contribution in [3.05, 3.63) is 166 Å². The number of rotatable bonds is 22. The predicted molar refractivity (Wildman–Crippen MR) is 396 cm³/mol. The van der Waals surface area contributed by atoms with E-state index in [2.05, 4.69) is 102 Å². The van der Waals surface area contributed by atoms with E-state index in [1.165, 1.54) is 24.3 Å². The lowest BCUT2D eigenvalue weighted by Crippen LogP contribution is -2.51. The van der Waals surface area contributed by atoms with Crippen LogP contribution < -0.4 is 38.8 Å². The average Bonchev–Trinajstić information content (AvgIpc) is 1.58. The first-order valence-electron chi connectivity index (χ1n) is 34.4. The summed E-state index contributed by atoms with van der Waals surface area (Å²) in [6, 6.07) is 29.3. The van der Waals surface area contributed by atoms with E-state index < -0.39 is 62.9 Å². The van der Waals surface area contributed by atoms with Crippen molar-refractivity contribution in [2.45, 2.75) is 220 Å². The fourth-order valence-corrected chi connectivity index (χ4v) is 13.0. The zero-order valence-corrected chi connectivity index (χ0v) is 64.2. The third kappa shape index (κ3) is 20.5. The Balaban J connectivity index is 0.871. The van der Waals surface area contributed by atoms with Gasteiger partial charge < -0.3 is 48.2 Å². The number of hydrogen-bond donors (Lipinski definition) is 2. The molecule has 2 atom stereocenters. The first-order valence-corrected chi connectivity index (χ1v) is 40.2. The summed E-state index contributed by atoms with van der Waals surface area (Å²) in [5.74, 6) is 12.8. The molecule has 534 valence electrons. The Morgan fingerprint density at radius 1 is 0.510 bits per heavy atom. The van der Waals surface area contributed by atoms with Crippen LogP contribution in [0.4, 0.5) is 29.7 Å². The van der Waals surface area contributed by atoms with Gasteiger partial charge in [-0.15, -0.1) is 0 Å². The highest BCUT2D eigenvalue weighted by molar-refractivity contribution is 6.75. The van der Waals surface area contributed by atoms with Gasteiger partial charge in [-0.1, -0.05) is 130 Å². The summed E-state index contributed by atoms with van der Waals surface area (Å²) >= 11 is 0. The Kier molecular flexibility index (Phi) is 23.6. The molecule has 0 unspecified atom stereocenters. The quantitative estimate of drug-likeness (QED) is 0.0374. The van der Waals surface area contributed by atoms with Gasteiger partial charge in [0.15, 0.2) is 0 Å². The number of hydrogen-bond acceptors (Lipinski definition) is 12. The van der Waals surface area contributed by atoms with E-state index in [0.29, 0.717) is 98.0 Å². The molecule has 0 radical (unpaired) electrons. The first kappa shape index (κ1) is 77.0. The van der Waals surface area contributed by atoms with E-state index in [1.807, 2.05) is 88.4 Å². The number of amides is 4. The van der Waals surface area contributed by atoms with Crippen molar-refractivity contribution >= 4 is 52.0 Å². The summed E-state index contributed by atoms with van der Waals surface area (Å²) < 4.78 is 65.4. The second-order valence-electron chi connectivity index (χ2n) is 32.5. The van der Waals surface area contributed by atoms with Crippen molar-refractivity contribution < 1.29 is 55.8 Å². The minimum Gasteiger partial charge on any atom is -0.530 e. The summed E-state index contributed by atoms with van der Waals surface area (Å²) in [5.41, 5.74) is 4.72. The van der Waals surface area contributed by atoms with Crippen molar-refractivity contribution in [1.29, 1.82) is 0 Å². The third-order valence-electron chi connectivity index (χ3n) is 18.5. The highest BCUT2D eigenvalue weighted by atomic mass is 28.4. The van der Waals surface area contributed by atoms with Crippen molar-refractivity contribution in [2.75, 3.05) is 36.1 Å². The standard InChI is InChI=1S/C80H102F2N6O10Si2/c1-75(2,3)95-73(91)83-63(71(89)87-51-79(13,14)67-65(87)49-57(45-53-27-35-59(81)36-28-53)69(85-67)97-99(17,18)77(7,8)9)47-55-31-39-61(40-32-55)93-43-25-23-21-22-24-26-44-94-62-41-33-56(34-42-62)48-64(84-74(92)96-76(4,5)6)72(90)88-52-80(15,16)68-66(88)50-58(46-54-29-37-60(82)38-30-54)70(86-68)98-100(19,20)78(10,11)12/h27-42,49-50,63-64H,25-26,43-48,51-52H2,1-20H3,(H,83,91)(H,84,92)/t63-,64-/m0/s1. The van der Waals surface area contributed by atoms with Gasteiger partial charge >= 0.3 is 12.2 Å². The molecular formula is C80H102F2N6O10Si2. The molecule has 8 rings (SSSR count). The molecule has 100 heavy (non-hydrogen) atoms. The summed E-state index contributed by atoms with van der Waals surface area (Å²) in [7, 11) is -4.78. The fourth-order valence-electron chi connectivity index (χ4n) is 11.1. The minimum absolute atomic E-state index is 0.121. The predicted octanol–water partition coefficient (Wildman–Crippen LogP) is 16.5. The SMILES string of the molecule is CC(C)(C)OC(=O)N[C@@H](Cc1ccc(OCCC#CC#CCCOc2ccc(C[C@H](NC(=O)OC(C)(C)C)C(=O)N3CC(C)(C)c4nc(O[Si](C)(C)C(C)(C)C)c(Cc5ccc(F)cc5)cc43)cc2)cc1)C(=O)N1CC(C)(C)c2nc(O[Si](C)(C)C(C)(C)C)c(Cc3ccc(F)cc3)cc21. The lowest BCUT2D eigenvalue weighted by atomic mass is 9.90. The molecule has 4 aromatic carbocycles. The van der Waals surface area contributed by atoms with E-state index in [1.54, 1.807) is 75.6 Å². The summed E-state index contributed by atoms with van der Waals surface area (Å²) in [6.07, 6.45) is 0.500. The van der Waals surface area contributed by atoms with Gasteiger partial charge in [0, 0.05) is 73.6 Å². The van der Waals surface area contributed by atoms with Gasteiger partial charge in [0.1, 0.15) is 46.4 Å². The van der Waals surface area contributed by atoms with Crippen LogP contribution in [0, 0.1) is 35.3 Å². The number of nitrogens with one attached hydrogen (secondary N) is 2. The normalized spacial score (nSPS) is 14.8. The van der Waals surface area contributed by atoms with Gasteiger partial charge in [-0.05, 0) is 173 Å². The Labute approximate surface area is 593 Å². The first-order chi connectivity index (χ1) is 46.5. The molecule has 2 aliphatic rings. The Hall–Kier alpha value is -8.73. The van der Waals surface area contributed by atoms with Crippen LogP contribution in [0.3, 0.4) is 0 Å². The topological polar surface area (TPSA) is 180 Å². The van der Waals surface area contributed by atoms with Crippen molar-refractivity contribution in [3.8, 4) is 46.9 Å². The molecule has 2 N–H and O–H groups in total. The molecule has 0 bridgehead atoms. The maximum absolute atomic E-state index is 15.0. The number of anilines is 2. The number of fused-ring (bicyclic) bond motifs is 2. The lowest BCUT2D eigenvalue weighted by Gasteiger charge is -2.36. The Morgan fingerprint density at radius 2 is 0.830 bits per heavy atom. The number of halogens is 2. The second-order valence-corrected chi connectivity index (χ2v) is 41.9. The molecule has 4 amide bonds. The summed E-state index contributed by atoms with van der Waals surface area (Å²) in [4.78, 5) is 70.8. The molecule has 0 aliphatic carbocycles. The Morgan fingerprint density at radius 3 is 1.14 bits per heavy atom. The number of alkyl carbamates (subject to hydrolysis) is 2. The summed E-state index contributed by atoms with van der Waals surface area (Å²) in [5, 5.41) is 5.53. The van der Waals surface area contributed by atoms with Gasteiger partial charge in [-0.25, -0.2) is 28.3 Å². The number of nitrogens with zero attached hydrogens (tertiary/aromatic N) is 4. The molecule has 0 saturated heterocycles. The van der Waals surface area contributed by atoms with Crippen LogP contribution in [0.2, 0.25) is 36.3 Å². The molecule has 2 aromatic heterocycles. The van der Waals surface area contributed by atoms with Gasteiger partial charge in [0.25, 0.3) is 16.6 Å². The Bertz CT molecular complexity index is 3790. The molecule has 2 aliphatic heterocycles. The van der Waals surface area contributed by atoms with Crippen molar-refractivity contribution in [2.24, 2.45) is 0 Å². The van der Waals surface area contributed by atoms with E-state index in [4.69, 9.17) is 37.8 Å². The van der Waals surface area contributed by atoms with Crippen molar-refractivity contribution in [1.82, 2.24) is 20.6 Å². The number of carbonyl (C=O) groups excluding carboxylic acids is 4. The second kappa shape index (κ2) is 30.6. The van der Waals surface area contributed by atoms with E-state index in [-0.39, 0.29) is 46.4 Å². The van der Waals surface area contributed by atoms with Crippen LogP contribution >= 0.6 is 0 Å². The molecule has 6 aromatic rings. The number of pyridine rings is 2. The van der Waals surface area contributed by atoms with Crippen LogP contribution in [-0.4, -0.2) is 100 Å². The fraction of sp³-hybridized carbons (Fsp3) is 0.475. The molecule has 0 saturated carbocycles. The third-order valence-corrected chi connectivity index (χ3v) is 27.1. The molecule has 0 fully saturated rings. The van der Waals surface area contributed by atoms with Crippen LogP contribution in [-0.2, 0) is 55.6 Å². The van der Waals surface area contributed by atoms with Gasteiger partial charge in [0.2, 0.25) is 23.6 Å². The molecule has 16 nitrogen and oxygen atoms in total. The van der Waals surface area contributed by atoms with Crippen LogP contribution in [0.25, 0.3) is 0 Å². The maximum atomic E-state index is 15.0. The van der Waals surface area contributed by atoms with E-state index in [9.17, 15) is 18.4 Å². The maximum Gasteiger partial charge on any atom is 0.408 e. The minimum atomic E-state index is -2.39.